The van der Waals surface area contributed by atoms with E-state index in [1.807, 2.05) is 12.1 Å². The number of nitrogen functional groups attached to an aromatic ring is 1. The van der Waals surface area contributed by atoms with Gasteiger partial charge in [0.15, 0.2) is 0 Å². The average molecular weight is 699 g/mol. The van der Waals surface area contributed by atoms with Crippen LogP contribution in [0.25, 0.3) is 11.1 Å². The first kappa shape index (κ1) is 34.1. The number of benzene rings is 8. The smallest absolute Gasteiger partial charge is 0.0464 e. The van der Waals surface area contributed by atoms with Gasteiger partial charge in [0, 0.05) is 56.9 Å². The second-order valence-corrected chi connectivity index (χ2v) is 13.6. The van der Waals surface area contributed by atoms with E-state index in [1.165, 1.54) is 11.1 Å². The van der Waals surface area contributed by atoms with Gasteiger partial charge < -0.3 is 20.4 Å². The number of hydrogen-bond donors (Lipinski definition) is 1. The number of anilines is 10. The fraction of sp³-hybridized carbons (Fsp3) is 0.0400. The molecule has 0 aromatic heterocycles. The summed E-state index contributed by atoms with van der Waals surface area (Å²) in [5, 5.41) is 0. The van der Waals surface area contributed by atoms with Crippen molar-refractivity contribution in [1.29, 1.82) is 0 Å². The molecule has 8 aromatic carbocycles. The van der Waals surface area contributed by atoms with Crippen LogP contribution in [0.5, 0.6) is 0 Å². The normalized spacial score (nSPS) is 10.9. The molecule has 0 unspecified atom stereocenters. The molecule has 0 amide bonds. The number of nitrogens with two attached hydrogens (primary N) is 1. The van der Waals surface area contributed by atoms with Crippen LogP contribution in [0.1, 0.15) is 11.1 Å². The van der Waals surface area contributed by atoms with Crippen molar-refractivity contribution in [2.24, 2.45) is 0 Å². The lowest BCUT2D eigenvalue weighted by Gasteiger charge is -2.29. The summed E-state index contributed by atoms with van der Waals surface area (Å²) >= 11 is 0. The topological polar surface area (TPSA) is 35.7 Å². The molecule has 0 saturated carbocycles. The van der Waals surface area contributed by atoms with E-state index in [1.54, 1.807) is 0 Å². The minimum Gasteiger partial charge on any atom is -0.399 e. The van der Waals surface area contributed by atoms with E-state index in [0.29, 0.717) is 0 Å². The van der Waals surface area contributed by atoms with Crippen LogP contribution >= 0.6 is 0 Å². The molecule has 4 nitrogen and oxygen atoms in total. The van der Waals surface area contributed by atoms with Gasteiger partial charge in [-0.05, 0) is 157 Å². The second-order valence-electron chi connectivity index (χ2n) is 13.6. The average Bonchev–Trinajstić information content (AvgIpc) is 3.21. The Morgan fingerprint density at radius 3 is 0.907 bits per heavy atom. The maximum Gasteiger partial charge on any atom is 0.0464 e. The predicted molar refractivity (Wildman–Crippen MR) is 230 cm³/mol. The summed E-state index contributed by atoms with van der Waals surface area (Å²) in [5.41, 5.74) is 21.3. The largest absolute Gasteiger partial charge is 0.399 e. The lowest BCUT2D eigenvalue weighted by atomic mass is 10.0. The number of para-hydroxylation sites is 2. The highest BCUT2D eigenvalue weighted by atomic mass is 15.2. The van der Waals surface area contributed by atoms with E-state index < -0.39 is 0 Å². The molecule has 0 heterocycles. The standard InChI is InChI=1S/C50H42N4/c1-37-11-9-17-49(35-37)53(42-13-5-3-6-14-42)47-31-27-45(28-32-47)52(44-25-21-40(22-26-44)39-19-23-41(51)24-20-39)46-29-33-48(34-30-46)54(43-15-7-4-8-16-43)50-18-10-12-38(2)36-50/h3-36H,51H2,1-2H3. The minimum atomic E-state index is 0.759. The summed E-state index contributed by atoms with van der Waals surface area (Å²) in [6.45, 7) is 4.27. The molecule has 0 radical (unpaired) electrons. The number of aryl methyl sites for hydroxylation is 2. The Morgan fingerprint density at radius 1 is 0.278 bits per heavy atom. The molecule has 0 atom stereocenters. The molecule has 0 aliphatic carbocycles. The Kier molecular flexibility index (Phi) is 9.64. The molecule has 2 N–H and O–H groups in total. The van der Waals surface area contributed by atoms with Gasteiger partial charge in [0.1, 0.15) is 0 Å². The van der Waals surface area contributed by atoms with Crippen molar-refractivity contribution in [3.63, 3.8) is 0 Å². The van der Waals surface area contributed by atoms with Crippen molar-refractivity contribution in [2.75, 3.05) is 20.4 Å². The van der Waals surface area contributed by atoms with Crippen LogP contribution < -0.4 is 20.4 Å². The lowest BCUT2D eigenvalue weighted by molar-refractivity contribution is 1.24. The van der Waals surface area contributed by atoms with E-state index >= 15 is 0 Å². The van der Waals surface area contributed by atoms with Gasteiger partial charge in [-0.3, -0.25) is 0 Å². The number of rotatable bonds is 10. The zero-order valence-electron chi connectivity index (χ0n) is 30.5. The van der Waals surface area contributed by atoms with Gasteiger partial charge in [0.05, 0.1) is 0 Å². The number of hydrogen-bond acceptors (Lipinski definition) is 4. The van der Waals surface area contributed by atoms with Gasteiger partial charge in [0.2, 0.25) is 0 Å². The summed E-state index contributed by atoms with van der Waals surface area (Å²) < 4.78 is 0. The van der Waals surface area contributed by atoms with Gasteiger partial charge in [-0.2, -0.15) is 0 Å². The molecule has 0 fully saturated rings. The van der Waals surface area contributed by atoms with Crippen molar-refractivity contribution in [3.05, 3.63) is 217 Å². The molecule has 8 rings (SSSR count). The fourth-order valence-electron chi connectivity index (χ4n) is 7.01. The van der Waals surface area contributed by atoms with E-state index in [2.05, 4.69) is 223 Å². The van der Waals surface area contributed by atoms with Gasteiger partial charge >= 0.3 is 0 Å². The minimum absolute atomic E-state index is 0.759. The Hall–Kier alpha value is -7.04. The van der Waals surface area contributed by atoms with Crippen LogP contribution in [0, 0.1) is 13.8 Å². The van der Waals surface area contributed by atoms with E-state index in [4.69, 9.17) is 5.73 Å². The Morgan fingerprint density at radius 2 is 0.556 bits per heavy atom. The third kappa shape index (κ3) is 7.32. The maximum absolute atomic E-state index is 5.99. The highest BCUT2D eigenvalue weighted by Gasteiger charge is 2.18. The van der Waals surface area contributed by atoms with Gasteiger partial charge in [-0.1, -0.05) is 84.9 Å². The van der Waals surface area contributed by atoms with Gasteiger partial charge in [-0.25, -0.2) is 0 Å². The molecule has 54 heavy (non-hydrogen) atoms. The van der Waals surface area contributed by atoms with Crippen molar-refractivity contribution in [2.45, 2.75) is 13.8 Å². The molecule has 0 bridgehead atoms. The van der Waals surface area contributed by atoms with Crippen molar-refractivity contribution >= 4 is 56.9 Å². The van der Waals surface area contributed by atoms with E-state index in [9.17, 15) is 0 Å². The van der Waals surface area contributed by atoms with E-state index in [-0.39, 0.29) is 0 Å². The quantitative estimate of drug-likeness (QED) is 0.144. The first-order chi connectivity index (χ1) is 26.5. The highest BCUT2D eigenvalue weighted by Crippen LogP contribution is 2.41. The zero-order chi connectivity index (χ0) is 36.9. The molecule has 0 aliphatic rings. The van der Waals surface area contributed by atoms with Gasteiger partial charge in [-0.15, -0.1) is 0 Å². The van der Waals surface area contributed by atoms with Crippen LogP contribution in [-0.4, -0.2) is 0 Å². The second kappa shape index (κ2) is 15.3. The molecule has 0 saturated heterocycles. The Bertz CT molecular complexity index is 2310. The first-order valence-electron chi connectivity index (χ1n) is 18.3. The van der Waals surface area contributed by atoms with Crippen LogP contribution in [0.2, 0.25) is 0 Å². The van der Waals surface area contributed by atoms with Crippen LogP contribution in [0.15, 0.2) is 206 Å². The lowest BCUT2D eigenvalue weighted by Crippen LogP contribution is -2.13. The summed E-state index contributed by atoms with van der Waals surface area (Å²) in [6, 6.07) is 72.9. The highest BCUT2D eigenvalue weighted by molar-refractivity contribution is 5.84. The summed E-state index contributed by atoms with van der Waals surface area (Å²) in [6.07, 6.45) is 0. The summed E-state index contributed by atoms with van der Waals surface area (Å²) in [5.74, 6) is 0. The van der Waals surface area contributed by atoms with Crippen molar-refractivity contribution in [1.82, 2.24) is 0 Å². The van der Waals surface area contributed by atoms with Crippen LogP contribution in [-0.2, 0) is 0 Å². The molecule has 0 aliphatic heterocycles. The first-order valence-corrected chi connectivity index (χ1v) is 18.3. The Labute approximate surface area is 318 Å². The third-order valence-corrected chi connectivity index (χ3v) is 9.65. The maximum atomic E-state index is 5.99. The van der Waals surface area contributed by atoms with Gasteiger partial charge in [0.25, 0.3) is 0 Å². The monoisotopic (exact) mass is 698 g/mol. The fourth-order valence-corrected chi connectivity index (χ4v) is 7.01. The molecule has 262 valence electrons. The molecular formula is C50H42N4. The SMILES string of the molecule is Cc1cccc(N(c2ccccc2)c2ccc(N(c3ccc(-c4ccc(N)cc4)cc3)c3ccc(N(c4ccccc4)c4cccc(C)c4)cc3)cc2)c1. The van der Waals surface area contributed by atoms with E-state index in [0.717, 1.165) is 68.0 Å². The Balaban J connectivity index is 1.20. The van der Waals surface area contributed by atoms with Crippen molar-refractivity contribution in [3.8, 4) is 11.1 Å². The molecule has 0 spiro atoms. The van der Waals surface area contributed by atoms with Crippen LogP contribution in [0.3, 0.4) is 0 Å². The molecular weight excluding hydrogens is 657 g/mol. The summed E-state index contributed by atoms with van der Waals surface area (Å²) in [4.78, 5) is 6.93. The van der Waals surface area contributed by atoms with Crippen molar-refractivity contribution < 1.29 is 0 Å². The zero-order valence-corrected chi connectivity index (χ0v) is 30.5. The third-order valence-electron chi connectivity index (χ3n) is 9.65. The number of nitrogens with zero attached hydrogens (tertiary/aromatic N) is 3. The molecule has 8 aromatic rings. The molecule has 4 heteroatoms. The van der Waals surface area contributed by atoms with Crippen LogP contribution in [0.4, 0.5) is 56.9 Å². The predicted octanol–water partition coefficient (Wildman–Crippen LogP) is 14.0. The summed E-state index contributed by atoms with van der Waals surface area (Å²) in [7, 11) is 0.